The van der Waals surface area contributed by atoms with Gasteiger partial charge in [0, 0.05) is 16.7 Å². The van der Waals surface area contributed by atoms with E-state index in [0.29, 0.717) is 0 Å². The molecule has 0 atom stereocenters. The van der Waals surface area contributed by atoms with E-state index in [1.54, 1.807) is 0 Å². The van der Waals surface area contributed by atoms with Crippen molar-refractivity contribution >= 4 is 32.9 Å². The predicted octanol–water partition coefficient (Wildman–Crippen LogP) is 7.23. The summed E-state index contributed by atoms with van der Waals surface area (Å²) in [6.45, 7) is 0. The number of nitrogens with one attached hydrogen (secondary N) is 1. The van der Waals surface area contributed by atoms with Crippen molar-refractivity contribution in [2.24, 2.45) is 0 Å². The van der Waals surface area contributed by atoms with Crippen molar-refractivity contribution in [2.75, 3.05) is 5.32 Å². The Morgan fingerprint density at radius 2 is 0.964 bits per heavy atom. The van der Waals surface area contributed by atoms with Crippen molar-refractivity contribution in [3.63, 3.8) is 0 Å². The molecule has 0 amide bonds. The van der Waals surface area contributed by atoms with Crippen molar-refractivity contribution < 1.29 is 0 Å². The first-order valence-corrected chi connectivity index (χ1v) is 9.75. The van der Waals surface area contributed by atoms with Gasteiger partial charge in [0.2, 0.25) is 0 Å². The molecule has 1 heterocycles. The number of hydrogen-bond donors (Lipinski definition) is 1. The molecule has 28 heavy (non-hydrogen) atoms. The fourth-order valence-electron chi connectivity index (χ4n) is 4.63. The summed E-state index contributed by atoms with van der Waals surface area (Å²) in [6.07, 6.45) is 0. The SMILES string of the molecule is c1ccc(C2c3ccc4ccccc4c3Nc3c2ccc2ccccc32)cc1. The summed E-state index contributed by atoms with van der Waals surface area (Å²) < 4.78 is 0. The molecule has 132 valence electrons. The van der Waals surface area contributed by atoms with Crippen molar-refractivity contribution in [2.45, 2.75) is 5.92 Å². The van der Waals surface area contributed by atoms with Gasteiger partial charge < -0.3 is 5.32 Å². The van der Waals surface area contributed by atoms with Crippen LogP contribution < -0.4 is 5.32 Å². The Hall–Kier alpha value is -3.58. The third-order valence-electron chi connectivity index (χ3n) is 5.93. The van der Waals surface area contributed by atoms with Crippen LogP contribution in [0.1, 0.15) is 22.6 Å². The van der Waals surface area contributed by atoms with E-state index in [2.05, 4.69) is 108 Å². The van der Waals surface area contributed by atoms with Crippen LogP contribution in [0.4, 0.5) is 11.4 Å². The van der Waals surface area contributed by atoms with E-state index in [4.69, 9.17) is 0 Å². The van der Waals surface area contributed by atoms with Crippen LogP contribution in [0.3, 0.4) is 0 Å². The van der Waals surface area contributed by atoms with Crippen LogP contribution in [0, 0.1) is 0 Å². The molecule has 0 aliphatic carbocycles. The van der Waals surface area contributed by atoms with Gasteiger partial charge >= 0.3 is 0 Å². The van der Waals surface area contributed by atoms with Gasteiger partial charge in [-0.1, -0.05) is 103 Å². The summed E-state index contributed by atoms with van der Waals surface area (Å²) in [7, 11) is 0. The van der Waals surface area contributed by atoms with Crippen molar-refractivity contribution in [1.29, 1.82) is 0 Å². The Balaban J connectivity index is 1.72. The molecule has 0 bridgehead atoms. The summed E-state index contributed by atoms with van der Waals surface area (Å²) in [5.41, 5.74) is 6.48. The second kappa shape index (κ2) is 5.97. The minimum Gasteiger partial charge on any atom is -0.354 e. The van der Waals surface area contributed by atoms with Gasteiger partial charge in [-0.2, -0.15) is 0 Å². The highest BCUT2D eigenvalue weighted by Crippen LogP contribution is 2.49. The Bertz CT molecular complexity index is 1250. The Kier molecular flexibility index (Phi) is 3.30. The molecule has 1 nitrogen and oxygen atoms in total. The number of hydrogen-bond acceptors (Lipinski definition) is 1. The summed E-state index contributed by atoms with van der Waals surface area (Å²) in [6, 6.07) is 37.2. The third-order valence-corrected chi connectivity index (χ3v) is 5.93. The Labute approximate surface area is 164 Å². The lowest BCUT2D eigenvalue weighted by molar-refractivity contribution is 0.971. The predicted molar refractivity (Wildman–Crippen MR) is 119 cm³/mol. The van der Waals surface area contributed by atoms with E-state index in [-0.39, 0.29) is 5.92 Å². The standard InChI is InChI=1S/C27H19N/c1-2-10-20(11-3-1)25-23-16-14-18-8-4-6-12-21(18)26(23)28-27-22-13-7-5-9-19(22)15-17-24(25)27/h1-17,25,28H. The minimum absolute atomic E-state index is 0.224. The topological polar surface area (TPSA) is 12.0 Å². The largest absolute Gasteiger partial charge is 0.354 e. The van der Waals surface area contributed by atoms with Gasteiger partial charge in [-0.15, -0.1) is 0 Å². The van der Waals surface area contributed by atoms with E-state index in [9.17, 15) is 0 Å². The lowest BCUT2D eigenvalue weighted by atomic mass is 9.79. The van der Waals surface area contributed by atoms with Crippen LogP contribution in [0.2, 0.25) is 0 Å². The Morgan fingerprint density at radius 1 is 0.464 bits per heavy atom. The van der Waals surface area contributed by atoms with Crippen molar-refractivity contribution in [1.82, 2.24) is 0 Å². The average Bonchev–Trinajstić information content (AvgIpc) is 2.78. The maximum Gasteiger partial charge on any atom is 0.0506 e. The summed E-state index contributed by atoms with van der Waals surface area (Å²) in [4.78, 5) is 0. The summed E-state index contributed by atoms with van der Waals surface area (Å²) >= 11 is 0. The molecule has 5 aromatic rings. The van der Waals surface area contributed by atoms with Gasteiger partial charge in [-0.05, 0) is 27.5 Å². The molecule has 6 rings (SSSR count). The molecule has 1 aliphatic heterocycles. The second-order valence-corrected chi connectivity index (χ2v) is 7.47. The molecule has 0 saturated heterocycles. The van der Waals surface area contributed by atoms with Gasteiger partial charge in [-0.25, -0.2) is 0 Å². The molecule has 0 saturated carbocycles. The molecule has 5 aromatic carbocycles. The molecular formula is C27H19N. The van der Waals surface area contributed by atoms with E-state index < -0.39 is 0 Å². The van der Waals surface area contributed by atoms with Crippen molar-refractivity contribution in [3.8, 4) is 0 Å². The zero-order valence-electron chi connectivity index (χ0n) is 15.4. The fraction of sp³-hybridized carbons (Fsp3) is 0.0370. The number of benzene rings is 5. The van der Waals surface area contributed by atoms with E-state index in [1.165, 1.54) is 49.6 Å². The first kappa shape index (κ1) is 15.5. The Morgan fingerprint density at radius 3 is 1.54 bits per heavy atom. The van der Waals surface area contributed by atoms with E-state index >= 15 is 0 Å². The first-order valence-electron chi connectivity index (χ1n) is 9.75. The molecule has 1 aliphatic rings. The van der Waals surface area contributed by atoms with Gasteiger partial charge in [0.05, 0.1) is 11.4 Å². The maximum absolute atomic E-state index is 3.83. The highest BCUT2D eigenvalue weighted by atomic mass is 14.9. The van der Waals surface area contributed by atoms with Gasteiger partial charge in [0.1, 0.15) is 0 Å². The zero-order chi connectivity index (χ0) is 18.5. The average molecular weight is 357 g/mol. The maximum atomic E-state index is 3.83. The number of anilines is 2. The van der Waals surface area contributed by atoms with Crippen LogP contribution >= 0.6 is 0 Å². The lowest BCUT2D eigenvalue weighted by Gasteiger charge is -2.32. The molecule has 1 heteroatoms. The monoisotopic (exact) mass is 357 g/mol. The van der Waals surface area contributed by atoms with Crippen LogP contribution in [-0.2, 0) is 0 Å². The summed E-state index contributed by atoms with van der Waals surface area (Å²) in [5.74, 6) is 0.224. The smallest absolute Gasteiger partial charge is 0.0506 e. The highest BCUT2D eigenvalue weighted by Gasteiger charge is 2.29. The molecule has 1 N–H and O–H groups in total. The number of rotatable bonds is 1. The van der Waals surface area contributed by atoms with Crippen molar-refractivity contribution in [3.05, 3.63) is 120 Å². The lowest BCUT2D eigenvalue weighted by Crippen LogP contribution is -2.14. The molecule has 0 fully saturated rings. The van der Waals surface area contributed by atoms with Crippen LogP contribution in [0.15, 0.2) is 103 Å². The third kappa shape index (κ3) is 2.20. The zero-order valence-corrected chi connectivity index (χ0v) is 15.4. The van der Waals surface area contributed by atoms with E-state index in [0.717, 1.165) is 0 Å². The van der Waals surface area contributed by atoms with Gasteiger partial charge in [0.15, 0.2) is 0 Å². The van der Waals surface area contributed by atoms with E-state index in [1.807, 2.05) is 0 Å². The molecule has 0 spiro atoms. The molecule has 0 aromatic heterocycles. The minimum atomic E-state index is 0.224. The summed E-state index contributed by atoms with van der Waals surface area (Å²) in [5, 5.41) is 8.92. The van der Waals surface area contributed by atoms with Crippen LogP contribution in [0.25, 0.3) is 21.5 Å². The van der Waals surface area contributed by atoms with Crippen LogP contribution in [0.5, 0.6) is 0 Å². The van der Waals surface area contributed by atoms with Crippen LogP contribution in [-0.4, -0.2) is 0 Å². The fourth-order valence-corrected chi connectivity index (χ4v) is 4.63. The van der Waals surface area contributed by atoms with Gasteiger partial charge in [-0.3, -0.25) is 0 Å². The second-order valence-electron chi connectivity index (χ2n) is 7.47. The first-order chi connectivity index (χ1) is 13.9. The highest BCUT2D eigenvalue weighted by molar-refractivity contribution is 6.05. The molecule has 0 unspecified atom stereocenters. The quantitative estimate of drug-likeness (QED) is 0.327. The molecular weight excluding hydrogens is 338 g/mol. The number of fused-ring (bicyclic) bond motifs is 6. The molecule has 0 radical (unpaired) electrons. The normalized spacial score (nSPS) is 13.1. The van der Waals surface area contributed by atoms with Gasteiger partial charge in [0.25, 0.3) is 0 Å².